The van der Waals surface area contributed by atoms with Gasteiger partial charge in [-0.1, -0.05) is 12.1 Å². The van der Waals surface area contributed by atoms with E-state index in [2.05, 4.69) is 15.5 Å². The van der Waals surface area contributed by atoms with E-state index in [1.54, 1.807) is 36.4 Å². The number of esters is 1. The van der Waals surface area contributed by atoms with E-state index in [-0.39, 0.29) is 5.91 Å². The van der Waals surface area contributed by atoms with Crippen LogP contribution in [-0.4, -0.2) is 47.2 Å². The van der Waals surface area contributed by atoms with Crippen molar-refractivity contribution in [1.82, 2.24) is 15.1 Å². The molecule has 0 spiro atoms. The molecule has 1 aliphatic rings. The molecule has 0 bridgehead atoms. The minimum atomic E-state index is -0.437. The summed E-state index contributed by atoms with van der Waals surface area (Å²) < 4.78 is 4.77. The van der Waals surface area contributed by atoms with Crippen molar-refractivity contribution in [2.75, 3.05) is 25.5 Å². The van der Waals surface area contributed by atoms with Gasteiger partial charge in [-0.15, -0.1) is 10.2 Å². The molecule has 0 atom stereocenters. The monoisotopic (exact) mass is 340 g/mol. The highest BCUT2D eigenvalue weighted by Crippen LogP contribution is 2.20. The number of hydrogen-bond donors (Lipinski definition) is 1. The Morgan fingerprint density at radius 3 is 2.48 bits per heavy atom. The summed E-state index contributed by atoms with van der Waals surface area (Å²) in [5.41, 5.74) is 1.30. The molecular weight excluding hydrogens is 320 g/mol. The molecule has 25 heavy (non-hydrogen) atoms. The van der Waals surface area contributed by atoms with Gasteiger partial charge in [-0.3, -0.25) is 4.79 Å². The number of ether oxygens (including phenoxy) is 1. The molecule has 3 rings (SSSR count). The lowest BCUT2D eigenvalue weighted by Gasteiger charge is -2.26. The van der Waals surface area contributed by atoms with E-state index >= 15 is 0 Å². The Balaban J connectivity index is 1.73. The molecule has 7 nitrogen and oxygen atoms in total. The number of anilines is 2. The van der Waals surface area contributed by atoms with Crippen LogP contribution in [0.1, 0.15) is 40.1 Å². The van der Waals surface area contributed by atoms with Crippen molar-refractivity contribution in [2.45, 2.75) is 19.3 Å². The summed E-state index contributed by atoms with van der Waals surface area (Å²) in [6.45, 7) is 1.54. The van der Waals surface area contributed by atoms with Crippen molar-refractivity contribution < 1.29 is 14.3 Å². The Labute approximate surface area is 146 Å². The zero-order chi connectivity index (χ0) is 17.6. The zero-order valence-electron chi connectivity index (χ0n) is 14.1. The van der Waals surface area contributed by atoms with Gasteiger partial charge in [0.05, 0.1) is 18.4 Å². The number of carbonyl (C=O) groups excluding carboxylic acids is 2. The van der Waals surface area contributed by atoms with Crippen molar-refractivity contribution in [1.29, 1.82) is 0 Å². The Morgan fingerprint density at radius 2 is 1.80 bits per heavy atom. The highest BCUT2D eigenvalue weighted by Gasteiger charge is 2.19. The first-order valence-electron chi connectivity index (χ1n) is 8.26. The van der Waals surface area contributed by atoms with Crippen LogP contribution in [0.4, 0.5) is 11.5 Å². The first kappa shape index (κ1) is 16.9. The molecule has 1 N–H and O–H groups in total. The third-order valence-corrected chi connectivity index (χ3v) is 4.12. The molecule has 1 aromatic heterocycles. The average molecular weight is 340 g/mol. The lowest BCUT2D eigenvalue weighted by Crippen LogP contribution is -2.36. The molecule has 2 aromatic rings. The number of piperidine rings is 1. The number of methoxy groups -OCH3 is 1. The van der Waals surface area contributed by atoms with Crippen molar-refractivity contribution in [2.24, 2.45) is 0 Å². The van der Waals surface area contributed by atoms with E-state index in [1.165, 1.54) is 7.11 Å². The summed E-state index contributed by atoms with van der Waals surface area (Å²) in [5.74, 6) is -0.0757. The lowest BCUT2D eigenvalue weighted by atomic mass is 10.1. The van der Waals surface area contributed by atoms with Crippen molar-refractivity contribution >= 4 is 23.4 Å². The molecule has 1 aromatic carbocycles. The maximum absolute atomic E-state index is 12.4. The Morgan fingerprint density at radius 1 is 1.04 bits per heavy atom. The molecule has 2 heterocycles. The van der Waals surface area contributed by atoms with Crippen LogP contribution in [0.25, 0.3) is 0 Å². The van der Waals surface area contributed by atoms with Crippen LogP contribution >= 0.6 is 0 Å². The second-order valence-electron chi connectivity index (χ2n) is 5.82. The molecular formula is C18H20N4O3. The average Bonchev–Trinajstić information content (AvgIpc) is 2.68. The topological polar surface area (TPSA) is 84.4 Å². The third kappa shape index (κ3) is 3.93. The van der Waals surface area contributed by atoms with E-state index in [4.69, 9.17) is 4.74 Å². The van der Waals surface area contributed by atoms with Crippen LogP contribution in [0.5, 0.6) is 0 Å². The normalized spacial score (nSPS) is 14.0. The Kier molecular flexibility index (Phi) is 5.23. The number of nitrogens with zero attached hydrogens (tertiary/aromatic N) is 3. The van der Waals surface area contributed by atoms with Crippen molar-refractivity contribution in [3.05, 3.63) is 47.7 Å². The highest BCUT2D eigenvalue weighted by molar-refractivity contribution is 5.96. The van der Waals surface area contributed by atoms with Crippen LogP contribution in [0.2, 0.25) is 0 Å². The summed E-state index contributed by atoms with van der Waals surface area (Å²) in [7, 11) is 1.33. The predicted octanol–water partition coefficient (Wildman–Crippen LogP) is 2.63. The van der Waals surface area contributed by atoms with Gasteiger partial charge in [0.25, 0.3) is 5.91 Å². The number of likely N-dealkylation sites (tertiary alicyclic amines) is 1. The molecule has 1 amide bonds. The summed E-state index contributed by atoms with van der Waals surface area (Å²) in [4.78, 5) is 26.0. The second kappa shape index (κ2) is 7.74. The highest BCUT2D eigenvalue weighted by atomic mass is 16.5. The Bertz CT molecular complexity index is 755. The van der Waals surface area contributed by atoms with Crippen LogP contribution in [-0.2, 0) is 4.74 Å². The van der Waals surface area contributed by atoms with Gasteiger partial charge in [-0.2, -0.15) is 0 Å². The second-order valence-corrected chi connectivity index (χ2v) is 5.82. The van der Waals surface area contributed by atoms with Gasteiger partial charge in [-0.25, -0.2) is 4.79 Å². The van der Waals surface area contributed by atoms with Crippen LogP contribution < -0.4 is 5.32 Å². The van der Waals surface area contributed by atoms with Gasteiger partial charge in [0.15, 0.2) is 11.5 Å². The van der Waals surface area contributed by atoms with Gasteiger partial charge < -0.3 is 15.0 Å². The summed E-state index contributed by atoms with van der Waals surface area (Å²) in [5, 5.41) is 11.1. The largest absolute Gasteiger partial charge is 0.465 e. The smallest absolute Gasteiger partial charge is 0.339 e. The lowest BCUT2D eigenvalue weighted by molar-refractivity contribution is 0.0601. The van der Waals surface area contributed by atoms with Crippen LogP contribution in [0, 0.1) is 0 Å². The number of amides is 1. The fraction of sp³-hybridized carbons (Fsp3) is 0.333. The summed E-state index contributed by atoms with van der Waals surface area (Å²) >= 11 is 0. The fourth-order valence-electron chi connectivity index (χ4n) is 2.79. The van der Waals surface area contributed by atoms with E-state index in [1.807, 2.05) is 4.90 Å². The number of hydrogen-bond acceptors (Lipinski definition) is 6. The van der Waals surface area contributed by atoms with Gasteiger partial charge in [-0.05, 0) is 43.5 Å². The van der Waals surface area contributed by atoms with Crippen LogP contribution in [0.15, 0.2) is 36.4 Å². The number of nitrogens with one attached hydrogen (secondary N) is 1. The molecule has 0 radical (unpaired) electrons. The maximum Gasteiger partial charge on any atom is 0.339 e. The fourth-order valence-corrected chi connectivity index (χ4v) is 2.79. The number of rotatable bonds is 4. The standard InChI is InChI=1S/C18H20N4O3/c1-25-18(24)13-7-3-4-8-14(13)19-16-10-9-15(20-21-16)17(23)22-11-5-2-6-12-22/h3-4,7-10H,2,5-6,11-12H2,1H3,(H,19,21). The van der Waals surface area contributed by atoms with Gasteiger partial charge in [0.1, 0.15) is 0 Å². The SMILES string of the molecule is COC(=O)c1ccccc1Nc1ccc(C(=O)N2CCCCC2)nn1. The number of aromatic nitrogens is 2. The zero-order valence-corrected chi connectivity index (χ0v) is 14.1. The van der Waals surface area contributed by atoms with E-state index in [9.17, 15) is 9.59 Å². The number of carbonyl (C=O) groups is 2. The molecule has 7 heteroatoms. The molecule has 0 unspecified atom stereocenters. The van der Waals surface area contributed by atoms with Crippen LogP contribution in [0.3, 0.4) is 0 Å². The van der Waals surface area contributed by atoms with Gasteiger partial charge >= 0.3 is 5.97 Å². The van der Waals surface area contributed by atoms with E-state index in [0.29, 0.717) is 22.8 Å². The number of para-hydroxylation sites is 1. The molecule has 1 fully saturated rings. The minimum absolute atomic E-state index is 0.0892. The van der Waals surface area contributed by atoms with E-state index < -0.39 is 5.97 Å². The Hall–Kier alpha value is -2.96. The molecule has 130 valence electrons. The maximum atomic E-state index is 12.4. The first-order chi connectivity index (χ1) is 12.2. The first-order valence-corrected chi connectivity index (χ1v) is 8.26. The molecule has 1 aliphatic heterocycles. The molecule has 0 aliphatic carbocycles. The van der Waals surface area contributed by atoms with Gasteiger partial charge in [0.2, 0.25) is 0 Å². The van der Waals surface area contributed by atoms with Crippen molar-refractivity contribution in [3.63, 3.8) is 0 Å². The quantitative estimate of drug-likeness (QED) is 0.861. The number of benzene rings is 1. The molecule has 1 saturated heterocycles. The minimum Gasteiger partial charge on any atom is -0.465 e. The third-order valence-electron chi connectivity index (χ3n) is 4.12. The summed E-state index contributed by atoms with van der Waals surface area (Å²) in [6.07, 6.45) is 3.23. The van der Waals surface area contributed by atoms with Gasteiger partial charge in [0, 0.05) is 13.1 Å². The predicted molar refractivity (Wildman–Crippen MR) is 92.9 cm³/mol. The summed E-state index contributed by atoms with van der Waals surface area (Å²) in [6, 6.07) is 10.3. The van der Waals surface area contributed by atoms with Crippen molar-refractivity contribution in [3.8, 4) is 0 Å². The van der Waals surface area contributed by atoms with E-state index in [0.717, 1.165) is 32.4 Å². The molecule has 0 saturated carbocycles.